The largest absolute Gasteiger partial charge is 0.480 e. The molecule has 0 saturated carbocycles. The minimum absolute atomic E-state index is 0.222. The van der Waals surface area contributed by atoms with Gasteiger partial charge in [0, 0.05) is 0 Å². The van der Waals surface area contributed by atoms with E-state index >= 15 is 0 Å². The number of aliphatic carboxylic acids is 1. The first-order valence-electron chi connectivity index (χ1n) is 4.99. The normalized spacial score (nSPS) is 15.1. The number of carbonyl (C=O) groups is 2. The number of carboxylic acid groups (broad SMARTS) is 1. The lowest BCUT2D eigenvalue weighted by atomic mass is 10.3. The van der Waals surface area contributed by atoms with E-state index in [-0.39, 0.29) is 5.73 Å². The fraction of sp³-hybridized carbons (Fsp3) is 0.778. The Hall–Kier alpha value is -1.08. The summed E-state index contributed by atoms with van der Waals surface area (Å²) >= 11 is 0. The fourth-order valence-corrected chi connectivity index (χ4v) is 1.16. The zero-order valence-corrected chi connectivity index (χ0v) is 11.0. The van der Waals surface area contributed by atoms with Crippen molar-refractivity contribution >= 4 is 20.1 Å². The SMILES string of the molecule is CC(OC(=O)N[C@@H](CO)C(=O)O)[Si](C)(C)C. The molecule has 0 rings (SSSR count). The van der Waals surface area contributed by atoms with E-state index in [1.165, 1.54) is 0 Å². The first-order valence-corrected chi connectivity index (χ1v) is 8.57. The van der Waals surface area contributed by atoms with Crippen LogP contribution in [0.1, 0.15) is 6.92 Å². The predicted molar refractivity (Wildman–Crippen MR) is 60.9 cm³/mol. The third kappa shape index (κ3) is 5.13. The van der Waals surface area contributed by atoms with E-state index in [9.17, 15) is 9.59 Å². The number of aliphatic hydroxyl groups excluding tert-OH is 1. The molecule has 0 aromatic rings. The van der Waals surface area contributed by atoms with Crippen LogP contribution in [0.25, 0.3) is 0 Å². The molecule has 0 aliphatic rings. The van der Waals surface area contributed by atoms with Gasteiger partial charge in [-0.25, -0.2) is 9.59 Å². The Bertz CT molecular complexity index is 263. The zero-order chi connectivity index (χ0) is 12.9. The van der Waals surface area contributed by atoms with Crippen molar-refractivity contribution in [3.63, 3.8) is 0 Å². The van der Waals surface area contributed by atoms with Crippen LogP contribution in [-0.2, 0) is 9.53 Å². The molecule has 0 radical (unpaired) electrons. The molecule has 7 heteroatoms. The number of aliphatic hydroxyl groups is 1. The maximum absolute atomic E-state index is 11.3. The third-order valence-electron chi connectivity index (χ3n) is 2.28. The highest BCUT2D eigenvalue weighted by molar-refractivity contribution is 6.77. The molecule has 0 saturated heterocycles. The smallest absolute Gasteiger partial charge is 0.407 e. The number of alkyl carbamates (subject to hydrolysis) is 1. The second-order valence-corrected chi connectivity index (χ2v) is 10.2. The zero-order valence-electron chi connectivity index (χ0n) is 9.98. The van der Waals surface area contributed by atoms with Crippen molar-refractivity contribution in [1.82, 2.24) is 5.32 Å². The lowest BCUT2D eigenvalue weighted by molar-refractivity contribution is -0.140. The molecule has 0 spiro atoms. The number of rotatable bonds is 5. The molecular formula is C9H19NO5Si. The third-order valence-corrected chi connectivity index (χ3v) is 4.83. The molecule has 0 aliphatic heterocycles. The quantitative estimate of drug-likeness (QED) is 0.614. The summed E-state index contributed by atoms with van der Waals surface area (Å²) < 4.78 is 5.03. The predicted octanol–water partition coefficient (Wildman–Crippen LogP) is 0.424. The molecule has 6 nitrogen and oxygen atoms in total. The maximum atomic E-state index is 11.3. The van der Waals surface area contributed by atoms with Gasteiger partial charge < -0.3 is 20.3 Å². The van der Waals surface area contributed by atoms with Gasteiger partial charge in [-0.1, -0.05) is 19.6 Å². The van der Waals surface area contributed by atoms with Gasteiger partial charge in [0.2, 0.25) is 0 Å². The summed E-state index contributed by atoms with van der Waals surface area (Å²) in [4.78, 5) is 21.8. The highest BCUT2D eigenvalue weighted by Gasteiger charge is 2.27. The number of hydrogen-bond acceptors (Lipinski definition) is 4. The summed E-state index contributed by atoms with van der Waals surface area (Å²) in [6, 6.07) is -1.32. The van der Waals surface area contributed by atoms with E-state index < -0.39 is 32.8 Å². The Kier molecular flexibility index (Phi) is 5.46. The number of amides is 1. The van der Waals surface area contributed by atoms with E-state index in [0.717, 1.165) is 0 Å². The lowest BCUT2D eigenvalue weighted by Gasteiger charge is -2.25. The van der Waals surface area contributed by atoms with E-state index in [1.807, 2.05) is 19.6 Å². The van der Waals surface area contributed by atoms with Gasteiger partial charge in [0.05, 0.1) is 20.4 Å². The van der Waals surface area contributed by atoms with Crippen LogP contribution in [0.3, 0.4) is 0 Å². The van der Waals surface area contributed by atoms with Crippen LogP contribution < -0.4 is 5.32 Å². The molecule has 0 heterocycles. The monoisotopic (exact) mass is 249 g/mol. The molecule has 94 valence electrons. The molecule has 1 unspecified atom stereocenters. The minimum Gasteiger partial charge on any atom is -0.480 e. The highest BCUT2D eigenvalue weighted by atomic mass is 28.3. The van der Waals surface area contributed by atoms with Crippen molar-refractivity contribution in [2.24, 2.45) is 0 Å². The summed E-state index contributed by atoms with van der Waals surface area (Å²) in [5.74, 6) is -1.29. The van der Waals surface area contributed by atoms with Gasteiger partial charge in [0.1, 0.15) is 0 Å². The van der Waals surface area contributed by atoms with Crippen molar-refractivity contribution < 1.29 is 24.5 Å². The van der Waals surface area contributed by atoms with E-state index in [0.29, 0.717) is 0 Å². The van der Waals surface area contributed by atoms with Gasteiger partial charge in [0.15, 0.2) is 6.04 Å². The summed E-state index contributed by atoms with van der Waals surface area (Å²) in [5, 5.41) is 19.4. The van der Waals surface area contributed by atoms with Crippen LogP contribution in [0.15, 0.2) is 0 Å². The summed E-state index contributed by atoms with van der Waals surface area (Å²) in [7, 11) is -1.60. The molecule has 1 amide bonds. The summed E-state index contributed by atoms with van der Waals surface area (Å²) in [6.45, 7) is 7.22. The lowest BCUT2D eigenvalue weighted by Crippen LogP contribution is -2.47. The van der Waals surface area contributed by atoms with E-state index in [2.05, 4.69) is 5.32 Å². The Morgan fingerprint density at radius 2 is 1.88 bits per heavy atom. The Morgan fingerprint density at radius 1 is 1.38 bits per heavy atom. The average molecular weight is 249 g/mol. The van der Waals surface area contributed by atoms with Crippen molar-refractivity contribution in [3.8, 4) is 0 Å². The second-order valence-electron chi connectivity index (χ2n) is 4.63. The molecule has 0 aliphatic carbocycles. The number of carbonyl (C=O) groups excluding carboxylic acids is 1. The Morgan fingerprint density at radius 3 is 2.19 bits per heavy atom. The molecule has 2 atom stereocenters. The fourth-order valence-electron chi connectivity index (χ4n) is 0.699. The summed E-state index contributed by atoms with van der Waals surface area (Å²) in [5.41, 5.74) is -0.222. The molecule has 16 heavy (non-hydrogen) atoms. The van der Waals surface area contributed by atoms with Gasteiger partial charge >= 0.3 is 12.1 Å². The van der Waals surface area contributed by atoms with Gasteiger partial charge in [-0.2, -0.15) is 0 Å². The number of carboxylic acids is 1. The van der Waals surface area contributed by atoms with Crippen LogP contribution in [0.5, 0.6) is 0 Å². The number of hydrogen-bond donors (Lipinski definition) is 3. The average Bonchev–Trinajstić information content (AvgIpc) is 2.11. The van der Waals surface area contributed by atoms with Crippen LogP contribution in [0, 0.1) is 0 Å². The van der Waals surface area contributed by atoms with Crippen molar-refractivity contribution in [3.05, 3.63) is 0 Å². The molecule has 3 N–H and O–H groups in total. The molecule has 0 fully saturated rings. The van der Waals surface area contributed by atoms with Crippen LogP contribution >= 0.6 is 0 Å². The Labute approximate surface area is 95.6 Å². The topological polar surface area (TPSA) is 95.9 Å². The second kappa shape index (κ2) is 5.85. The van der Waals surface area contributed by atoms with Gasteiger partial charge in [-0.05, 0) is 6.92 Å². The Balaban J connectivity index is 4.23. The first-order chi connectivity index (χ1) is 7.18. The van der Waals surface area contributed by atoms with Crippen molar-refractivity contribution in [1.29, 1.82) is 0 Å². The molecule has 0 bridgehead atoms. The van der Waals surface area contributed by atoms with Crippen molar-refractivity contribution in [2.45, 2.75) is 38.3 Å². The van der Waals surface area contributed by atoms with Gasteiger partial charge in [0.25, 0.3) is 0 Å². The first kappa shape index (κ1) is 14.9. The number of nitrogens with one attached hydrogen (secondary N) is 1. The molecule has 0 aromatic heterocycles. The van der Waals surface area contributed by atoms with Gasteiger partial charge in [-0.15, -0.1) is 0 Å². The van der Waals surface area contributed by atoms with E-state index in [4.69, 9.17) is 14.9 Å². The van der Waals surface area contributed by atoms with Crippen LogP contribution in [-0.4, -0.2) is 48.7 Å². The standard InChI is InChI=1S/C9H19NO5Si/c1-6(16(2,3)4)15-9(14)10-7(5-11)8(12)13/h6-7,11H,5H2,1-4H3,(H,10,14)(H,12,13)/t6?,7-/m0/s1. The van der Waals surface area contributed by atoms with Gasteiger partial charge in [-0.3, -0.25) is 0 Å². The summed E-state index contributed by atoms with van der Waals surface area (Å²) in [6.07, 6.45) is -0.809. The molecule has 0 aromatic carbocycles. The maximum Gasteiger partial charge on any atom is 0.407 e. The van der Waals surface area contributed by atoms with E-state index in [1.54, 1.807) is 6.92 Å². The van der Waals surface area contributed by atoms with Crippen LogP contribution in [0.4, 0.5) is 4.79 Å². The molecular weight excluding hydrogens is 230 g/mol. The highest BCUT2D eigenvalue weighted by Crippen LogP contribution is 2.10. The van der Waals surface area contributed by atoms with Crippen LogP contribution in [0.2, 0.25) is 19.6 Å². The van der Waals surface area contributed by atoms with Crippen molar-refractivity contribution in [2.75, 3.05) is 6.61 Å². The minimum atomic E-state index is -1.60. The number of ether oxygens (including phenoxy) is 1.